The first kappa shape index (κ1) is 16.1. The van der Waals surface area contributed by atoms with Crippen LogP contribution in [0.2, 0.25) is 0 Å². The van der Waals surface area contributed by atoms with Crippen LogP contribution in [0.15, 0.2) is 10.7 Å². The van der Waals surface area contributed by atoms with Crippen molar-refractivity contribution in [1.29, 1.82) is 0 Å². The van der Waals surface area contributed by atoms with Crippen molar-refractivity contribution in [2.24, 2.45) is 0 Å². The monoisotopic (exact) mass is 320 g/mol. The van der Waals surface area contributed by atoms with Crippen LogP contribution in [0.3, 0.4) is 0 Å². The van der Waals surface area contributed by atoms with E-state index in [0.29, 0.717) is 36.9 Å². The third kappa shape index (κ3) is 3.42. The van der Waals surface area contributed by atoms with E-state index < -0.39 is 5.60 Å². The second-order valence-electron chi connectivity index (χ2n) is 6.52. The minimum Gasteiger partial charge on any atom is -0.382 e. The highest BCUT2D eigenvalue weighted by Gasteiger charge is 2.40. The van der Waals surface area contributed by atoms with E-state index in [2.05, 4.69) is 32.3 Å². The van der Waals surface area contributed by atoms with Gasteiger partial charge in [0.1, 0.15) is 11.3 Å². The number of nitrogens with zero attached hydrogens (tertiary/aromatic N) is 6. The van der Waals surface area contributed by atoms with Crippen molar-refractivity contribution in [2.45, 2.75) is 58.2 Å². The average molecular weight is 320 g/mol. The molecule has 1 atom stereocenters. The van der Waals surface area contributed by atoms with Gasteiger partial charge >= 0.3 is 0 Å². The van der Waals surface area contributed by atoms with Gasteiger partial charge < -0.3 is 9.63 Å². The summed E-state index contributed by atoms with van der Waals surface area (Å²) in [5.41, 5.74) is -0.322. The number of rotatable bonds is 6. The maximum absolute atomic E-state index is 10.9. The summed E-state index contributed by atoms with van der Waals surface area (Å²) in [5, 5.41) is 23.1. The van der Waals surface area contributed by atoms with Gasteiger partial charge in [0.25, 0.3) is 0 Å². The molecular formula is C15H24N6O2. The van der Waals surface area contributed by atoms with Gasteiger partial charge in [-0.15, -0.1) is 5.10 Å². The quantitative estimate of drug-likeness (QED) is 0.857. The number of hydrogen-bond acceptors (Lipinski definition) is 7. The van der Waals surface area contributed by atoms with Crippen LogP contribution in [0.5, 0.6) is 0 Å². The van der Waals surface area contributed by atoms with Gasteiger partial charge in [-0.3, -0.25) is 4.90 Å². The summed E-state index contributed by atoms with van der Waals surface area (Å²) in [4.78, 5) is 6.50. The van der Waals surface area contributed by atoms with Crippen molar-refractivity contribution in [2.75, 3.05) is 13.1 Å². The molecule has 23 heavy (non-hydrogen) atoms. The van der Waals surface area contributed by atoms with Crippen LogP contribution in [0.4, 0.5) is 0 Å². The van der Waals surface area contributed by atoms with Gasteiger partial charge in [-0.05, 0) is 26.7 Å². The van der Waals surface area contributed by atoms with Gasteiger partial charge in [-0.2, -0.15) is 4.98 Å². The smallest absolute Gasteiger partial charge is 0.226 e. The zero-order valence-electron chi connectivity index (χ0n) is 13.9. The van der Waals surface area contributed by atoms with Gasteiger partial charge in [0.2, 0.25) is 5.89 Å². The molecule has 1 aliphatic heterocycles. The first-order valence-corrected chi connectivity index (χ1v) is 8.18. The predicted molar refractivity (Wildman–Crippen MR) is 82.5 cm³/mol. The number of likely N-dealkylation sites (tertiary alicyclic amines) is 1. The van der Waals surface area contributed by atoms with Crippen molar-refractivity contribution in [3.05, 3.63) is 23.6 Å². The van der Waals surface area contributed by atoms with Crippen LogP contribution in [0.1, 0.15) is 57.1 Å². The molecule has 0 aliphatic carbocycles. The SMILES string of the molecule is CCCc1nc(CN2CC[C@](O)(c3cn(C(C)C)nn3)C2)no1. The fraction of sp³-hybridized carbons (Fsp3) is 0.733. The summed E-state index contributed by atoms with van der Waals surface area (Å²) in [6, 6.07) is 0.230. The van der Waals surface area contributed by atoms with E-state index in [1.165, 1.54) is 0 Å². The van der Waals surface area contributed by atoms with Crippen LogP contribution in [-0.2, 0) is 18.6 Å². The Morgan fingerprint density at radius 1 is 1.43 bits per heavy atom. The molecule has 1 saturated heterocycles. The molecule has 126 valence electrons. The molecule has 1 aliphatic rings. The lowest BCUT2D eigenvalue weighted by Gasteiger charge is -2.20. The minimum absolute atomic E-state index is 0.230. The zero-order valence-corrected chi connectivity index (χ0v) is 13.9. The molecule has 3 heterocycles. The number of aromatic nitrogens is 5. The van der Waals surface area contributed by atoms with E-state index in [1.807, 2.05) is 20.0 Å². The average Bonchev–Trinajstić information content (AvgIpc) is 3.20. The highest BCUT2D eigenvalue weighted by Crippen LogP contribution is 2.31. The van der Waals surface area contributed by atoms with Gasteiger partial charge in [0.15, 0.2) is 5.82 Å². The largest absolute Gasteiger partial charge is 0.382 e. The lowest BCUT2D eigenvalue weighted by atomic mass is 10.00. The molecule has 8 nitrogen and oxygen atoms in total. The van der Waals surface area contributed by atoms with Crippen molar-refractivity contribution in [3.63, 3.8) is 0 Å². The summed E-state index contributed by atoms with van der Waals surface area (Å²) in [6.45, 7) is 7.99. The van der Waals surface area contributed by atoms with E-state index in [0.717, 1.165) is 19.4 Å². The molecule has 1 N–H and O–H groups in total. The highest BCUT2D eigenvalue weighted by atomic mass is 16.5. The molecular weight excluding hydrogens is 296 g/mol. The Kier molecular flexibility index (Phi) is 4.45. The number of hydrogen-bond donors (Lipinski definition) is 1. The van der Waals surface area contributed by atoms with Crippen LogP contribution in [-0.4, -0.2) is 48.2 Å². The summed E-state index contributed by atoms with van der Waals surface area (Å²) in [5.74, 6) is 1.35. The minimum atomic E-state index is -0.955. The molecule has 0 unspecified atom stereocenters. The second-order valence-corrected chi connectivity index (χ2v) is 6.52. The molecule has 1 fully saturated rings. The second kappa shape index (κ2) is 6.37. The third-order valence-electron chi connectivity index (χ3n) is 4.18. The summed E-state index contributed by atoms with van der Waals surface area (Å²) in [7, 11) is 0. The number of β-amino-alcohol motifs (C(OH)–C–C–N with tert-alkyl or cyclic N) is 1. The fourth-order valence-electron chi connectivity index (χ4n) is 2.83. The topological polar surface area (TPSA) is 93.1 Å². The molecule has 8 heteroatoms. The molecule has 0 radical (unpaired) electrons. The molecule has 2 aromatic rings. The Labute approximate surface area is 135 Å². The maximum atomic E-state index is 10.9. The number of aliphatic hydroxyl groups is 1. The van der Waals surface area contributed by atoms with E-state index in [9.17, 15) is 5.11 Å². The van der Waals surface area contributed by atoms with E-state index in [4.69, 9.17) is 4.52 Å². The van der Waals surface area contributed by atoms with E-state index >= 15 is 0 Å². The zero-order chi connectivity index (χ0) is 16.4. The molecule has 0 saturated carbocycles. The number of aryl methyl sites for hydroxylation is 1. The van der Waals surface area contributed by atoms with Gasteiger partial charge in [-0.1, -0.05) is 17.3 Å². The Balaban J connectivity index is 1.64. The van der Waals surface area contributed by atoms with Gasteiger partial charge in [0.05, 0.1) is 12.7 Å². The Bertz CT molecular complexity index is 652. The van der Waals surface area contributed by atoms with Crippen LogP contribution < -0.4 is 0 Å². The normalized spacial score (nSPS) is 22.3. The Hall–Kier alpha value is -1.80. The maximum Gasteiger partial charge on any atom is 0.226 e. The van der Waals surface area contributed by atoms with Crippen LogP contribution >= 0.6 is 0 Å². The molecule has 0 spiro atoms. The fourth-order valence-corrected chi connectivity index (χ4v) is 2.83. The molecule has 0 aromatic carbocycles. The van der Waals surface area contributed by atoms with E-state index in [1.54, 1.807) is 4.68 Å². The van der Waals surface area contributed by atoms with E-state index in [-0.39, 0.29) is 6.04 Å². The summed E-state index contributed by atoms with van der Waals surface area (Å²) in [6.07, 6.45) is 4.25. The lowest BCUT2D eigenvalue weighted by molar-refractivity contribution is 0.0405. The first-order chi connectivity index (χ1) is 11.0. The summed E-state index contributed by atoms with van der Waals surface area (Å²) < 4.78 is 6.98. The van der Waals surface area contributed by atoms with Gasteiger partial charge in [-0.25, -0.2) is 4.68 Å². The Morgan fingerprint density at radius 2 is 2.26 bits per heavy atom. The molecule has 2 aromatic heterocycles. The van der Waals surface area contributed by atoms with Crippen molar-refractivity contribution in [3.8, 4) is 0 Å². The molecule has 0 amide bonds. The van der Waals surface area contributed by atoms with Crippen molar-refractivity contribution >= 4 is 0 Å². The lowest BCUT2D eigenvalue weighted by Crippen LogP contribution is -2.31. The van der Waals surface area contributed by atoms with Crippen molar-refractivity contribution < 1.29 is 9.63 Å². The standard InChI is InChI=1S/C15H24N6O2/c1-4-5-14-16-13(18-23-14)9-20-7-6-15(22,10-20)12-8-21(11(2)3)19-17-12/h8,11,22H,4-7,9-10H2,1-3H3/t15-/m1/s1. The highest BCUT2D eigenvalue weighted by molar-refractivity contribution is 5.11. The van der Waals surface area contributed by atoms with Crippen LogP contribution in [0, 0.1) is 0 Å². The predicted octanol–water partition coefficient (Wildman–Crippen LogP) is 1.29. The van der Waals surface area contributed by atoms with Crippen molar-refractivity contribution in [1.82, 2.24) is 30.0 Å². The molecule has 0 bridgehead atoms. The first-order valence-electron chi connectivity index (χ1n) is 8.18. The Morgan fingerprint density at radius 3 is 2.96 bits per heavy atom. The molecule has 3 rings (SSSR count). The summed E-state index contributed by atoms with van der Waals surface area (Å²) >= 11 is 0. The van der Waals surface area contributed by atoms with Crippen LogP contribution in [0.25, 0.3) is 0 Å². The third-order valence-corrected chi connectivity index (χ3v) is 4.18. The van der Waals surface area contributed by atoms with Gasteiger partial charge in [0, 0.05) is 25.6 Å².